The van der Waals surface area contributed by atoms with Gasteiger partial charge in [0.15, 0.2) is 23.1 Å². The summed E-state index contributed by atoms with van der Waals surface area (Å²) < 4.78 is 71.6. The Hall–Kier alpha value is -3.96. The van der Waals surface area contributed by atoms with Gasteiger partial charge in [-0.1, -0.05) is 7.43 Å². The molecule has 0 radical (unpaired) electrons. The van der Waals surface area contributed by atoms with Crippen LogP contribution in [-0.4, -0.2) is 45.7 Å². The Kier molecular flexibility index (Phi) is 9.32. The first-order valence-electron chi connectivity index (χ1n) is 9.82. The number of alkyl carbamates (subject to hydrolysis) is 2. The first-order chi connectivity index (χ1) is 16.2. The summed E-state index contributed by atoms with van der Waals surface area (Å²) in [6.07, 6.45) is 0.472. The van der Waals surface area contributed by atoms with Crippen LogP contribution in [0.5, 0.6) is 11.5 Å². The van der Waals surface area contributed by atoms with E-state index in [1.54, 1.807) is 0 Å². The van der Waals surface area contributed by atoms with Crippen molar-refractivity contribution in [1.29, 1.82) is 0 Å². The fourth-order valence-corrected chi connectivity index (χ4v) is 3.23. The quantitative estimate of drug-likeness (QED) is 0.597. The Balaban J connectivity index is 0.000000240. The molecule has 2 amide bonds. The van der Waals surface area contributed by atoms with Crippen LogP contribution in [0.3, 0.4) is 0 Å². The second kappa shape index (κ2) is 12.0. The number of carbonyl (C=O) groups is 2. The van der Waals surface area contributed by atoms with Crippen molar-refractivity contribution in [1.82, 2.24) is 10.6 Å². The summed E-state index contributed by atoms with van der Waals surface area (Å²) in [5.74, 6) is -2.84. The number of halogens is 4. The number of ether oxygens (including phenoxy) is 4. The maximum atomic E-state index is 13.3. The van der Waals surface area contributed by atoms with Gasteiger partial charge in [-0.15, -0.1) is 0 Å². The standard InChI is InChI=1S/C11H11F2NO3.C11H9F2NO3.CH4/c2*1-16-11(15)14-8-3-6-2-7(12)4-9(13)10(6)17-5-8;/h2,4,8H,3,5H2,1H3,(H,14,15);2-4H,5H2,1H3,(H,14,15);1H4/t8-;;/m1../s1. The minimum Gasteiger partial charge on any atom is -0.488 e. The highest BCUT2D eigenvalue weighted by Gasteiger charge is 2.25. The zero-order valence-corrected chi connectivity index (χ0v) is 18.0. The van der Waals surface area contributed by atoms with Crippen LogP contribution in [0.4, 0.5) is 27.2 Å². The zero-order chi connectivity index (χ0) is 24.8. The van der Waals surface area contributed by atoms with E-state index in [0.717, 1.165) is 18.2 Å². The number of carbonyl (C=O) groups excluding carboxylic acids is 2. The van der Waals surface area contributed by atoms with Crippen molar-refractivity contribution in [2.24, 2.45) is 0 Å². The molecule has 0 saturated carbocycles. The molecule has 0 spiro atoms. The smallest absolute Gasteiger partial charge is 0.411 e. The number of hydrogen-bond donors (Lipinski definition) is 2. The highest BCUT2D eigenvalue weighted by atomic mass is 19.1. The summed E-state index contributed by atoms with van der Waals surface area (Å²) in [6, 6.07) is 3.48. The minimum atomic E-state index is -0.770. The third kappa shape index (κ3) is 7.01. The van der Waals surface area contributed by atoms with Crippen molar-refractivity contribution in [3.8, 4) is 11.5 Å². The molecule has 2 aromatic rings. The lowest BCUT2D eigenvalue weighted by molar-refractivity contribution is 0.155. The molecule has 0 aliphatic carbocycles. The summed E-state index contributed by atoms with van der Waals surface area (Å²) in [4.78, 5) is 21.9. The van der Waals surface area contributed by atoms with Crippen molar-refractivity contribution in [3.63, 3.8) is 0 Å². The van der Waals surface area contributed by atoms with E-state index in [2.05, 4.69) is 20.1 Å². The van der Waals surface area contributed by atoms with E-state index in [1.165, 1.54) is 26.4 Å². The van der Waals surface area contributed by atoms with Crippen molar-refractivity contribution >= 4 is 18.3 Å². The zero-order valence-electron chi connectivity index (χ0n) is 18.0. The Morgan fingerprint density at radius 2 is 1.54 bits per heavy atom. The predicted octanol–water partition coefficient (Wildman–Crippen LogP) is 4.31. The molecule has 12 heteroatoms. The van der Waals surface area contributed by atoms with Gasteiger partial charge in [0, 0.05) is 23.3 Å². The van der Waals surface area contributed by atoms with Crippen LogP contribution in [0.2, 0.25) is 0 Å². The van der Waals surface area contributed by atoms with Crippen LogP contribution in [0, 0.1) is 23.3 Å². The Morgan fingerprint density at radius 3 is 2.20 bits per heavy atom. The Labute approximate surface area is 198 Å². The number of amides is 2. The van der Waals surface area contributed by atoms with E-state index in [0.29, 0.717) is 17.7 Å². The van der Waals surface area contributed by atoms with Crippen LogP contribution in [-0.2, 0) is 15.9 Å². The Morgan fingerprint density at radius 1 is 0.914 bits per heavy atom. The van der Waals surface area contributed by atoms with E-state index in [-0.39, 0.29) is 43.7 Å². The first-order valence-corrected chi connectivity index (χ1v) is 9.82. The highest BCUT2D eigenvalue weighted by Crippen LogP contribution is 2.30. The van der Waals surface area contributed by atoms with Crippen LogP contribution < -0.4 is 20.1 Å². The fraction of sp³-hybridized carbons (Fsp3) is 0.304. The molecular formula is C23H24F4N2O6. The summed E-state index contributed by atoms with van der Waals surface area (Å²) in [5.41, 5.74) is 1.00. The number of nitrogens with one attached hydrogen (secondary N) is 2. The summed E-state index contributed by atoms with van der Waals surface area (Å²) in [5, 5.41) is 4.90. The third-order valence-corrected chi connectivity index (χ3v) is 4.67. The van der Waals surface area contributed by atoms with Crippen molar-refractivity contribution in [2.75, 3.05) is 27.4 Å². The van der Waals surface area contributed by atoms with Crippen LogP contribution in [0.1, 0.15) is 18.6 Å². The fourth-order valence-electron chi connectivity index (χ4n) is 3.23. The molecule has 8 nitrogen and oxygen atoms in total. The average Bonchev–Trinajstić information content (AvgIpc) is 2.78. The van der Waals surface area contributed by atoms with Crippen LogP contribution in [0.15, 0.2) is 30.0 Å². The molecule has 4 rings (SSSR count). The average molecular weight is 500 g/mol. The van der Waals surface area contributed by atoms with Gasteiger partial charge >= 0.3 is 12.2 Å². The Bertz CT molecular complexity index is 1130. The maximum Gasteiger partial charge on any atom is 0.411 e. The number of rotatable bonds is 2. The molecule has 2 N–H and O–H groups in total. The molecule has 0 aromatic heterocycles. The van der Waals surface area contributed by atoms with Gasteiger partial charge in [-0.25, -0.2) is 27.2 Å². The van der Waals surface area contributed by atoms with Gasteiger partial charge in [-0.2, -0.15) is 0 Å². The maximum absolute atomic E-state index is 13.3. The molecule has 2 heterocycles. The molecule has 0 unspecified atom stereocenters. The van der Waals surface area contributed by atoms with Gasteiger partial charge in [0.05, 0.1) is 26.0 Å². The van der Waals surface area contributed by atoms with Crippen molar-refractivity contribution in [2.45, 2.75) is 19.9 Å². The second-order valence-corrected chi connectivity index (χ2v) is 7.10. The SMILES string of the molecule is C.COC(=O)NC1=Cc2cc(F)cc(F)c2OC1.COC(=O)N[C@H]1COc2c(F)cc(F)cc2C1. The van der Waals surface area contributed by atoms with Crippen molar-refractivity contribution < 1.29 is 46.1 Å². The first kappa shape index (κ1) is 27.3. The van der Waals surface area contributed by atoms with Crippen molar-refractivity contribution in [3.05, 3.63) is 64.4 Å². The molecule has 0 fully saturated rings. The van der Waals surface area contributed by atoms with Gasteiger partial charge in [0.2, 0.25) is 0 Å². The molecule has 0 bridgehead atoms. The number of hydrogen-bond acceptors (Lipinski definition) is 6. The monoisotopic (exact) mass is 500 g/mol. The molecule has 2 aliphatic heterocycles. The molecule has 0 saturated heterocycles. The van der Waals surface area contributed by atoms with E-state index >= 15 is 0 Å². The lowest BCUT2D eigenvalue weighted by Gasteiger charge is -2.25. The number of fused-ring (bicyclic) bond motifs is 2. The lowest BCUT2D eigenvalue weighted by Crippen LogP contribution is -2.42. The predicted molar refractivity (Wildman–Crippen MR) is 117 cm³/mol. The molecular weight excluding hydrogens is 476 g/mol. The van der Waals surface area contributed by atoms with Crippen LogP contribution >= 0.6 is 0 Å². The largest absolute Gasteiger partial charge is 0.488 e. The second-order valence-electron chi connectivity index (χ2n) is 7.10. The molecule has 2 aliphatic rings. The molecule has 1 atom stereocenters. The number of methoxy groups -OCH3 is 2. The molecule has 190 valence electrons. The molecule has 2 aromatic carbocycles. The van der Waals surface area contributed by atoms with E-state index in [4.69, 9.17) is 9.47 Å². The van der Waals surface area contributed by atoms with Gasteiger partial charge in [-0.3, -0.25) is 5.32 Å². The van der Waals surface area contributed by atoms with Gasteiger partial charge in [0.1, 0.15) is 24.8 Å². The lowest BCUT2D eigenvalue weighted by atomic mass is 10.0. The van der Waals surface area contributed by atoms with Gasteiger partial charge in [0.25, 0.3) is 0 Å². The van der Waals surface area contributed by atoms with E-state index in [9.17, 15) is 27.2 Å². The minimum absolute atomic E-state index is 0. The van der Waals surface area contributed by atoms with E-state index < -0.39 is 35.5 Å². The van der Waals surface area contributed by atoms with Gasteiger partial charge in [-0.05, 0) is 24.6 Å². The third-order valence-electron chi connectivity index (χ3n) is 4.67. The normalized spacial score (nSPS) is 15.1. The van der Waals surface area contributed by atoms with Gasteiger partial charge < -0.3 is 24.3 Å². The summed E-state index contributed by atoms with van der Waals surface area (Å²) in [7, 11) is 2.46. The van der Waals surface area contributed by atoms with Crippen LogP contribution in [0.25, 0.3) is 6.08 Å². The number of benzene rings is 2. The summed E-state index contributed by atoms with van der Waals surface area (Å²) >= 11 is 0. The summed E-state index contributed by atoms with van der Waals surface area (Å²) in [6.45, 7) is 0.120. The topological polar surface area (TPSA) is 95.1 Å². The highest BCUT2D eigenvalue weighted by molar-refractivity contribution is 5.73. The molecule has 35 heavy (non-hydrogen) atoms. The van der Waals surface area contributed by atoms with E-state index in [1.807, 2.05) is 0 Å².